The Bertz CT molecular complexity index is 251. The molecule has 0 aromatic carbocycles. The highest BCUT2D eigenvalue weighted by molar-refractivity contribution is 5.93. The van der Waals surface area contributed by atoms with Crippen LogP contribution < -0.4 is 5.32 Å². The zero-order valence-electron chi connectivity index (χ0n) is 9.55. The summed E-state index contributed by atoms with van der Waals surface area (Å²) in [7, 11) is 2.00. The van der Waals surface area contributed by atoms with Gasteiger partial charge in [0, 0.05) is 30.9 Å². The molecular weight excluding hydrogens is 176 g/mol. The third-order valence-electron chi connectivity index (χ3n) is 2.11. The summed E-state index contributed by atoms with van der Waals surface area (Å²) in [5, 5.41) is 2.98. The Morgan fingerprint density at radius 1 is 1.50 bits per heavy atom. The molecule has 0 bridgehead atoms. The van der Waals surface area contributed by atoms with Gasteiger partial charge in [-0.25, -0.2) is 0 Å². The normalized spacial score (nSPS) is 17.7. The molecule has 3 heteroatoms. The molecule has 1 heterocycles. The number of hydrogen-bond acceptors (Lipinski definition) is 2. The fourth-order valence-corrected chi connectivity index (χ4v) is 1.51. The second-order valence-corrected chi connectivity index (χ2v) is 4.94. The van der Waals surface area contributed by atoms with Gasteiger partial charge in [-0.3, -0.25) is 4.79 Å². The van der Waals surface area contributed by atoms with E-state index in [9.17, 15) is 4.79 Å². The monoisotopic (exact) mass is 196 g/mol. The summed E-state index contributed by atoms with van der Waals surface area (Å²) in [6.45, 7) is 7.04. The number of amides is 1. The lowest BCUT2D eigenvalue weighted by atomic mass is 10.0. The highest BCUT2D eigenvalue weighted by atomic mass is 16.1. The molecule has 0 spiro atoms. The van der Waals surface area contributed by atoms with Crippen molar-refractivity contribution in [2.75, 3.05) is 13.6 Å². The van der Waals surface area contributed by atoms with Crippen molar-refractivity contribution in [2.24, 2.45) is 0 Å². The first-order valence-corrected chi connectivity index (χ1v) is 5.12. The summed E-state index contributed by atoms with van der Waals surface area (Å²) in [6, 6.07) is 0. The second kappa shape index (κ2) is 4.03. The molecule has 14 heavy (non-hydrogen) atoms. The third-order valence-corrected chi connectivity index (χ3v) is 2.11. The maximum absolute atomic E-state index is 11.8. The van der Waals surface area contributed by atoms with Crippen LogP contribution in [-0.2, 0) is 4.79 Å². The summed E-state index contributed by atoms with van der Waals surface area (Å²) in [5.74, 6) is 0.0732. The highest BCUT2D eigenvalue weighted by Crippen LogP contribution is 2.14. The SMILES string of the molecule is CN1C=C(C(=O)NC(C)(C)C)CCC1. The van der Waals surface area contributed by atoms with E-state index in [4.69, 9.17) is 0 Å². The molecule has 0 aliphatic carbocycles. The van der Waals surface area contributed by atoms with Gasteiger partial charge in [-0.2, -0.15) is 0 Å². The Balaban J connectivity index is 2.61. The van der Waals surface area contributed by atoms with Gasteiger partial charge in [-0.05, 0) is 33.6 Å². The lowest BCUT2D eigenvalue weighted by molar-refractivity contribution is -0.119. The molecule has 1 amide bonds. The number of carbonyl (C=O) groups is 1. The van der Waals surface area contributed by atoms with E-state index in [2.05, 4.69) is 10.2 Å². The zero-order valence-corrected chi connectivity index (χ0v) is 9.55. The maximum Gasteiger partial charge on any atom is 0.249 e. The first-order valence-electron chi connectivity index (χ1n) is 5.12. The summed E-state index contributed by atoms with van der Waals surface area (Å²) in [5.41, 5.74) is 0.752. The third kappa shape index (κ3) is 3.40. The van der Waals surface area contributed by atoms with Crippen LogP contribution >= 0.6 is 0 Å². The molecule has 1 N–H and O–H groups in total. The van der Waals surface area contributed by atoms with Gasteiger partial charge in [0.2, 0.25) is 5.91 Å². The number of carbonyl (C=O) groups excluding carboxylic acids is 1. The van der Waals surface area contributed by atoms with Crippen LogP contribution in [0.4, 0.5) is 0 Å². The Morgan fingerprint density at radius 2 is 2.14 bits per heavy atom. The minimum atomic E-state index is -0.145. The van der Waals surface area contributed by atoms with Crippen molar-refractivity contribution in [3.8, 4) is 0 Å². The van der Waals surface area contributed by atoms with Crippen LogP contribution in [-0.4, -0.2) is 29.9 Å². The van der Waals surface area contributed by atoms with E-state index in [-0.39, 0.29) is 11.4 Å². The van der Waals surface area contributed by atoms with E-state index >= 15 is 0 Å². The molecule has 0 atom stereocenters. The van der Waals surface area contributed by atoms with Gasteiger partial charge in [0.1, 0.15) is 0 Å². The maximum atomic E-state index is 11.8. The van der Waals surface area contributed by atoms with Crippen molar-refractivity contribution in [2.45, 2.75) is 39.2 Å². The predicted molar refractivity (Wildman–Crippen MR) is 57.8 cm³/mol. The molecule has 1 aliphatic heterocycles. The molecule has 0 fully saturated rings. The van der Waals surface area contributed by atoms with Gasteiger partial charge in [-0.1, -0.05) is 0 Å². The van der Waals surface area contributed by atoms with E-state index in [1.807, 2.05) is 34.0 Å². The van der Waals surface area contributed by atoms with Crippen molar-refractivity contribution < 1.29 is 4.79 Å². The van der Waals surface area contributed by atoms with Crippen LogP contribution in [0.2, 0.25) is 0 Å². The second-order valence-electron chi connectivity index (χ2n) is 4.94. The van der Waals surface area contributed by atoms with Crippen molar-refractivity contribution in [3.05, 3.63) is 11.8 Å². The molecule has 0 aromatic rings. The van der Waals surface area contributed by atoms with E-state index in [0.717, 1.165) is 25.0 Å². The van der Waals surface area contributed by atoms with Crippen molar-refractivity contribution in [3.63, 3.8) is 0 Å². The minimum absolute atomic E-state index is 0.0732. The van der Waals surface area contributed by atoms with Crippen LogP contribution in [0.5, 0.6) is 0 Å². The quantitative estimate of drug-likeness (QED) is 0.689. The smallest absolute Gasteiger partial charge is 0.249 e. The van der Waals surface area contributed by atoms with Crippen LogP contribution in [0.1, 0.15) is 33.6 Å². The molecule has 0 unspecified atom stereocenters. The van der Waals surface area contributed by atoms with Crippen LogP contribution in [0.15, 0.2) is 11.8 Å². The van der Waals surface area contributed by atoms with Gasteiger partial charge in [0.15, 0.2) is 0 Å². The Kier molecular flexibility index (Phi) is 3.19. The van der Waals surface area contributed by atoms with Crippen molar-refractivity contribution in [1.82, 2.24) is 10.2 Å². The van der Waals surface area contributed by atoms with E-state index < -0.39 is 0 Å². The molecule has 80 valence electrons. The fourth-order valence-electron chi connectivity index (χ4n) is 1.51. The van der Waals surface area contributed by atoms with Crippen molar-refractivity contribution in [1.29, 1.82) is 0 Å². The average Bonchev–Trinajstić information content (AvgIpc) is 2.01. The average molecular weight is 196 g/mol. The number of nitrogens with zero attached hydrogens (tertiary/aromatic N) is 1. The number of nitrogens with one attached hydrogen (secondary N) is 1. The fraction of sp³-hybridized carbons (Fsp3) is 0.727. The summed E-state index contributed by atoms with van der Waals surface area (Å²) in [6.07, 6.45) is 3.91. The van der Waals surface area contributed by atoms with Gasteiger partial charge >= 0.3 is 0 Å². The molecule has 0 aromatic heterocycles. The first-order chi connectivity index (χ1) is 6.38. The summed E-state index contributed by atoms with van der Waals surface area (Å²) >= 11 is 0. The van der Waals surface area contributed by atoms with Crippen LogP contribution in [0, 0.1) is 0 Å². The molecule has 0 radical (unpaired) electrons. The lowest BCUT2D eigenvalue weighted by Gasteiger charge is -2.25. The van der Waals surface area contributed by atoms with Gasteiger partial charge < -0.3 is 10.2 Å². The topological polar surface area (TPSA) is 32.3 Å². The number of hydrogen-bond donors (Lipinski definition) is 1. The Labute approximate surface area is 86.2 Å². The minimum Gasteiger partial charge on any atom is -0.380 e. The first kappa shape index (κ1) is 11.1. The largest absolute Gasteiger partial charge is 0.380 e. The Morgan fingerprint density at radius 3 is 2.64 bits per heavy atom. The van der Waals surface area contributed by atoms with E-state index in [0.29, 0.717) is 0 Å². The molecule has 0 saturated carbocycles. The lowest BCUT2D eigenvalue weighted by Crippen LogP contribution is -2.42. The van der Waals surface area contributed by atoms with Crippen molar-refractivity contribution >= 4 is 5.91 Å². The van der Waals surface area contributed by atoms with Gasteiger partial charge in [0.05, 0.1) is 0 Å². The van der Waals surface area contributed by atoms with Gasteiger partial charge in [-0.15, -0.1) is 0 Å². The standard InChI is InChI=1S/C11H20N2O/c1-11(2,3)12-10(14)9-6-5-7-13(4)8-9/h8H,5-7H2,1-4H3,(H,12,14). The Hall–Kier alpha value is -0.990. The van der Waals surface area contributed by atoms with E-state index in [1.54, 1.807) is 0 Å². The number of rotatable bonds is 1. The molecule has 1 rings (SSSR count). The van der Waals surface area contributed by atoms with E-state index in [1.165, 1.54) is 0 Å². The zero-order chi connectivity index (χ0) is 10.8. The molecular formula is C11H20N2O. The summed E-state index contributed by atoms with van der Waals surface area (Å²) < 4.78 is 0. The highest BCUT2D eigenvalue weighted by Gasteiger charge is 2.19. The molecule has 0 saturated heterocycles. The molecule has 1 aliphatic rings. The summed E-state index contributed by atoms with van der Waals surface area (Å²) in [4.78, 5) is 13.8. The molecule has 3 nitrogen and oxygen atoms in total. The predicted octanol–water partition coefficient (Wildman–Crippen LogP) is 1.51. The van der Waals surface area contributed by atoms with Gasteiger partial charge in [0.25, 0.3) is 0 Å². The van der Waals surface area contributed by atoms with Crippen LogP contribution in [0.3, 0.4) is 0 Å². The van der Waals surface area contributed by atoms with Crippen LogP contribution in [0.25, 0.3) is 0 Å².